The summed E-state index contributed by atoms with van der Waals surface area (Å²) in [5.41, 5.74) is 1.08. The molecule has 0 aromatic carbocycles. The van der Waals surface area contributed by atoms with E-state index in [1.807, 2.05) is 0 Å². The van der Waals surface area contributed by atoms with E-state index in [1.54, 1.807) is 13.1 Å². The van der Waals surface area contributed by atoms with Crippen molar-refractivity contribution in [2.45, 2.75) is 6.92 Å². The quantitative estimate of drug-likeness (QED) is 0.745. The molecule has 4 heteroatoms. The van der Waals surface area contributed by atoms with Crippen LogP contribution in [-0.4, -0.2) is 16.1 Å². The molecule has 0 saturated carbocycles. The Kier molecular flexibility index (Phi) is 1.98. The van der Waals surface area contributed by atoms with E-state index in [0.717, 1.165) is 9.13 Å². The monoisotopic (exact) mass is 251 g/mol. The van der Waals surface area contributed by atoms with Gasteiger partial charge >= 0.3 is 5.97 Å². The predicted octanol–water partition coefficient (Wildman–Crippen LogP) is 1.63. The summed E-state index contributed by atoms with van der Waals surface area (Å²) in [4.78, 5) is 13.1. The maximum Gasteiger partial charge on any atom is 0.352 e. The fraction of sp³-hybridized carbons (Fsp3) is 0.167. The number of carbonyl (C=O) groups is 1. The lowest BCUT2D eigenvalue weighted by atomic mass is 10.3. The van der Waals surface area contributed by atoms with Crippen molar-refractivity contribution >= 4 is 28.6 Å². The first-order valence-electron chi connectivity index (χ1n) is 2.69. The third-order valence-electron chi connectivity index (χ3n) is 1.29. The SMILES string of the molecule is Cc1c(I)c[nH]c1C(=O)O. The highest BCUT2D eigenvalue weighted by Crippen LogP contribution is 2.14. The minimum atomic E-state index is -0.902. The molecule has 0 aliphatic heterocycles. The van der Waals surface area contributed by atoms with Gasteiger partial charge in [0.1, 0.15) is 5.69 Å². The average Bonchev–Trinajstić information content (AvgIpc) is 2.14. The van der Waals surface area contributed by atoms with Gasteiger partial charge < -0.3 is 10.1 Å². The lowest BCUT2D eigenvalue weighted by Gasteiger charge is -1.89. The van der Waals surface area contributed by atoms with Gasteiger partial charge in [0.25, 0.3) is 0 Å². The summed E-state index contributed by atoms with van der Waals surface area (Å²) in [6.45, 7) is 1.78. The van der Waals surface area contributed by atoms with E-state index in [1.165, 1.54) is 0 Å². The van der Waals surface area contributed by atoms with Crippen LogP contribution in [0.5, 0.6) is 0 Å². The second-order valence-corrected chi connectivity index (χ2v) is 3.10. The molecule has 0 fully saturated rings. The molecule has 0 atom stereocenters. The number of hydrogen-bond donors (Lipinski definition) is 2. The summed E-state index contributed by atoms with van der Waals surface area (Å²) in [6, 6.07) is 0. The lowest BCUT2D eigenvalue weighted by Crippen LogP contribution is -1.98. The van der Waals surface area contributed by atoms with Gasteiger partial charge in [-0.05, 0) is 35.1 Å². The molecule has 1 aromatic rings. The Labute approximate surface area is 71.6 Å². The highest BCUT2D eigenvalue weighted by atomic mass is 127. The smallest absolute Gasteiger partial charge is 0.352 e. The van der Waals surface area contributed by atoms with Gasteiger partial charge in [0.15, 0.2) is 0 Å². The summed E-state index contributed by atoms with van der Waals surface area (Å²) >= 11 is 2.08. The molecule has 10 heavy (non-hydrogen) atoms. The Bertz CT molecular complexity index is 267. The van der Waals surface area contributed by atoms with Gasteiger partial charge in [-0.1, -0.05) is 0 Å². The summed E-state index contributed by atoms with van der Waals surface area (Å²) in [6.07, 6.45) is 1.68. The van der Waals surface area contributed by atoms with Crippen molar-refractivity contribution in [1.82, 2.24) is 4.98 Å². The van der Waals surface area contributed by atoms with E-state index < -0.39 is 5.97 Å². The predicted molar refractivity (Wildman–Crippen MR) is 45.2 cm³/mol. The summed E-state index contributed by atoms with van der Waals surface area (Å²) in [7, 11) is 0. The van der Waals surface area contributed by atoms with Gasteiger partial charge in [-0.3, -0.25) is 0 Å². The molecule has 0 radical (unpaired) electrons. The molecule has 0 aliphatic carbocycles. The standard InChI is InChI=1S/C6H6INO2/c1-3-4(7)2-8-5(3)6(9)10/h2,8H,1H3,(H,9,10). The van der Waals surface area contributed by atoms with Crippen molar-refractivity contribution in [2.75, 3.05) is 0 Å². The maximum absolute atomic E-state index is 10.4. The van der Waals surface area contributed by atoms with Crippen LogP contribution in [0.3, 0.4) is 0 Å². The van der Waals surface area contributed by atoms with E-state index >= 15 is 0 Å². The normalized spacial score (nSPS) is 9.80. The highest BCUT2D eigenvalue weighted by molar-refractivity contribution is 14.1. The molecule has 0 saturated heterocycles. The number of aromatic nitrogens is 1. The van der Waals surface area contributed by atoms with Gasteiger partial charge in [0.2, 0.25) is 0 Å². The number of aromatic amines is 1. The van der Waals surface area contributed by atoms with Crippen LogP contribution in [-0.2, 0) is 0 Å². The number of carboxylic acid groups (broad SMARTS) is 1. The Morgan fingerprint density at radius 1 is 1.80 bits per heavy atom. The molecular formula is C6H6INO2. The minimum Gasteiger partial charge on any atom is -0.477 e. The van der Waals surface area contributed by atoms with Crippen LogP contribution in [0.2, 0.25) is 0 Å². The highest BCUT2D eigenvalue weighted by Gasteiger charge is 2.09. The molecule has 0 spiro atoms. The van der Waals surface area contributed by atoms with Crippen LogP contribution in [0.15, 0.2) is 6.20 Å². The van der Waals surface area contributed by atoms with Crippen LogP contribution >= 0.6 is 22.6 Å². The van der Waals surface area contributed by atoms with Gasteiger partial charge in [-0.2, -0.15) is 0 Å². The second-order valence-electron chi connectivity index (χ2n) is 1.94. The first-order valence-corrected chi connectivity index (χ1v) is 3.77. The van der Waals surface area contributed by atoms with Crippen LogP contribution in [0, 0.1) is 10.5 Å². The Morgan fingerprint density at radius 2 is 2.40 bits per heavy atom. The molecule has 1 heterocycles. The molecule has 54 valence electrons. The topological polar surface area (TPSA) is 53.1 Å². The summed E-state index contributed by atoms with van der Waals surface area (Å²) in [5, 5.41) is 8.54. The molecule has 1 aromatic heterocycles. The Hall–Kier alpha value is -0.520. The maximum atomic E-state index is 10.4. The van der Waals surface area contributed by atoms with Gasteiger partial charge in [0.05, 0.1) is 0 Å². The van der Waals surface area contributed by atoms with E-state index in [9.17, 15) is 4.79 Å². The fourth-order valence-electron chi connectivity index (χ4n) is 0.694. The van der Waals surface area contributed by atoms with Crippen LogP contribution in [0.4, 0.5) is 0 Å². The molecule has 0 amide bonds. The summed E-state index contributed by atoms with van der Waals surface area (Å²) in [5.74, 6) is -0.902. The fourth-order valence-corrected chi connectivity index (χ4v) is 1.12. The minimum absolute atomic E-state index is 0.282. The number of nitrogens with one attached hydrogen (secondary N) is 1. The first-order chi connectivity index (χ1) is 4.63. The van der Waals surface area contributed by atoms with E-state index in [-0.39, 0.29) is 5.69 Å². The molecule has 0 unspecified atom stereocenters. The van der Waals surface area contributed by atoms with Crippen LogP contribution in [0.25, 0.3) is 0 Å². The number of hydrogen-bond acceptors (Lipinski definition) is 1. The average molecular weight is 251 g/mol. The zero-order valence-corrected chi connectivity index (χ0v) is 7.47. The molecule has 2 N–H and O–H groups in total. The Balaban J connectivity index is 3.17. The second kappa shape index (κ2) is 2.61. The number of aromatic carboxylic acids is 1. The molecular weight excluding hydrogens is 245 g/mol. The largest absolute Gasteiger partial charge is 0.477 e. The molecule has 3 nitrogen and oxygen atoms in total. The number of halogens is 1. The van der Waals surface area contributed by atoms with E-state index in [4.69, 9.17) is 5.11 Å². The molecule has 1 rings (SSSR count). The molecule has 0 bridgehead atoms. The van der Waals surface area contributed by atoms with Crippen molar-refractivity contribution in [1.29, 1.82) is 0 Å². The van der Waals surface area contributed by atoms with Crippen molar-refractivity contribution in [3.05, 3.63) is 21.0 Å². The number of carboxylic acids is 1. The third-order valence-corrected chi connectivity index (χ3v) is 2.41. The van der Waals surface area contributed by atoms with Gasteiger partial charge in [-0.15, -0.1) is 0 Å². The summed E-state index contributed by atoms with van der Waals surface area (Å²) < 4.78 is 0.954. The zero-order valence-electron chi connectivity index (χ0n) is 5.31. The Morgan fingerprint density at radius 3 is 2.60 bits per heavy atom. The van der Waals surface area contributed by atoms with E-state index in [2.05, 4.69) is 27.6 Å². The van der Waals surface area contributed by atoms with Crippen molar-refractivity contribution in [2.24, 2.45) is 0 Å². The van der Waals surface area contributed by atoms with Crippen molar-refractivity contribution in [3.63, 3.8) is 0 Å². The van der Waals surface area contributed by atoms with Crippen LogP contribution in [0.1, 0.15) is 16.1 Å². The zero-order chi connectivity index (χ0) is 7.72. The van der Waals surface area contributed by atoms with Crippen molar-refractivity contribution < 1.29 is 9.90 Å². The van der Waals surface area contributed by atoms with E-state index in [0.29, 0.717) is 0 Å². The van der Waals surface area contributed by atoms with Crippen LogP contribution < -0.4 is 0 Å². The van der Waals surface area contributed by atoms with Gasteiger partial charge in [0, 0.05) is 9.77 Å². The number of H-pyrrole nitrogens is 1. The molecule has 0 aliphatic rings. The third kappa shape index (κ3) is 1.16. The van der Waals surface area contributed by atoms with Gasteiger partial charge in [-0.25, -0.2) is 4.79 Å². The lowest BCUT2D eigenvalue weighted by molar-refractivity contribution is 0.0690. The van der Waals surface area contributed by atoms with Crippen molar-refractivity contribution in [3.8, 4) is 0 Å². The first kappa shape index (κ1) is 7.59. The number of rotatable bonds is 1.